The first kappa shape index (κ1) is 15.6. The number of hydrogen-bond donors (Lipinski definition) is 2. The maximum absolute atomic E-state index is 12.9. The van der Waals surface area contributed by atoms with Crippen LogP contribution >= 0.6 is 0 Å². The first-order valence-corrected chi connectivity index (χ1v) is 7.37. The Morgan fingerprint density at radius 3 is 2.50 bits per heavy atom. The molecule has 6 heteroatoms. The highest BCUT2D eigenvalue weighted by atomic mass is 19.1. The van der Waals surface area contributed by atoms with Crippen LogP contribution in [0.3, 0.4) is 0 Å². The van der Waals surface area contributed by atoms with Gasteiger partial charge < -0.3 is 10.6 Å². The monoisotopic (exact) mass is 322 g/mol. The lowest BCUT2D eigenvalue weighted by Crippen LogP contribution is -2.24. The van der Waals surface area contributed by atoms with Crippen molar-refractivity contribution in [1.82, 2.24) is 15.3 Å². The van der Waals surface area contributed by atoms with Crippen LogP contribution in [0, 0.1) is 5.82 Å². The number of para-hydroxylation sites is 1. The Balaban J connectivity index is 1.64. The molecule has 0 aliphatic carbocycles. The van der Waals surface area contributed by atoms with Crippen molar-refractivity contribution in [2.75, 3.05) is 5.32 Å². The van der Waals surface area contributed by atoms with Crippen molar-refractivity contribution < 1.29 is 9.18 Å². The minimum Gasteiger partial charge on any atom is -0.347 e. The van der Waals surface area contributed by atoms with Crippen molar-refractivity contribution >= 4 is 17.4 Å². The Labute approximate surface area is 138 Å². The number of rotatable bonds is 5. The minimum absolute atomic E-state index is 0.255. The lowest BCUT2D eigenvalue weighted by molar-refractivity contribution is 0.0946. The number of aromatic nitrogens is 2. The molecule has 1 aromatic heterocycles. The second-order valence-electron chi connectivity index (χ2n) is 5.09. The molecular weight excluding hydrogens is 307 g/mol. The van der Waals surface area contributed by atoms with Gasteiger partial charge in [-0.25, -0.2) is 14.4 Å². The van der Waals surface area contributed by atoms with Gasteiger partial charge in [-0.1, -0.05) is 30.3 Å². The third-order valence-corrected chi connectivity index (χ3v) is 3.31. The largest absolute Gasteiger partial charge is 0.347 e. The fourth-order valence-corrected chi connectivity index (χ4v) is 2.09. The van der Waals surface area contributed by atoms with Gasteiger partial charge in [0.25, 0.3) is 5.91 Å². The maximum Gasteiger partial charge on any atom is 0.270 e. The number of halogens is 1. The average Bonchev–Trinajstić information content (AvgIpc) is 2.62. The molecule has 0 atom stereocenters. The third-order valence-electron chi connectivity index (χ3n) is 3.31. The lowest BCUT2D eigenvalue weighted by atomic mass is 10.2. The molecule has 0 spiro atoms. The van der Waals surface area contributed by atoms with E-state index in [1.165, 1.54) is 18.5 Å². The van der Waals surface area contributed by atoms with E-state index in [-0.39, 0.29) is 17.4 Å². The fraction of sp³-hybridized carbons (Fsp3) is 0.0556. The summed E-state index contributed by atoms with van der Waals surface area (Å²) < 4.78 is 12.9. The van der Waals surface area contributed by atoms with Crippen LogP contribution in [0.4, 0.5) is 15.9 Å². The van der Waals surface area contributed by atoms with Crippen LogP contribution in [0.2, 0.25) is 0 Å². The number of anilines is 2. The lowest BCUT2D eigenvalue weighted by Gasteiger charge is -2.08. The summed E-state index contributed by atoms with van der Waals surface area (Å²) in [6, 6.07) is 17.1. The SMILES string of the molecule is O=C(NCc1ccc(F)cc1)c1cc(Nc2ccccc2)ncn1. The molecule has 0 aliphatic heterocycles. The maximum atomic E-state index is 12.9. The summed E-state index contributed by atoms with van der Waals surface area (Å²) in [6.07, 6.45) is 1.33. The number of carbonyl (C=O) groups is 1. The Bertz CT molecular complexity index is 822. The summed E-state index contributed by atoms with van der Waals surface area (Å²) >= 11 is 0. The fourth-order valence-electron chi connectivity index (χ4n) is 2.09. The first-order chi connectivity index (χ1) is 11.7. The van der Waals surface area contributed by atoms with Crippen LogP contribution in [0.5, 0.6) is 0 Å². The van der Waals surface area contributed by atoms with Crippen molar-refractivity contribution in [2.45, 2.75) is 6.54 Å². The zero-order valence-electron chi connectivity index (χ0n) is 12.7. The van der Waals surface area contributed by atoms with E-state index < -0.39 is 0 Å². The van der Waals surface area contributed by atoms with Gasteiger partial charge in [0.05, 0.1) is 0 Å². The highest BCUT2D eigenvalue weighted by molar-refractivity contribution is 5.92. The molecule has 0 bridgehead atoms. The first-order valence-electron chi connectivity index (χ1n) is 7.37. The van der Waals surface area contributed by atoms with Gasteiger partial charge in [0.2, 0.25) is 0 Å². The summed E-state index contributed by atoms with van der Waals surface area (Å²) in [5.74, 6) is -0.0986. The molecule has 2 aromatic carbocycles. The third kappa shape index (κ3) is 4.13. The van der Waals surface area contributed by atoms with Crippen LogP contribution in [-0.2, 0) is 6.54 Å². The van der Waals surface area contributed by atoms with Crippen LogP contribution < -0.4 is 10.6 Å². The van der Waals surface area contributed by atoms with E-state index in [0.717, 1.165) is 11.3 Å². The molecule has 2 N–H and O–H groups in total. The standard InChI is InChI=1S/C18H15FN4O/c19-14-8-6-13(7-9-14)11-20-18(24)16-10-17(22-12-21-16)23-15-4-2-1-3-5-15/h1-10,12H,11H2,(H,20,24)(H,21,22,23). The highest BCUT2D eigenvalue weighted by Crippen LogP contribution is 2.13. The number of carbonyl (C=O) groups excluding carboxylic acids is 1. The average molecular weight is 322 g/mol. The predicted molar refractivity (Wildman–Crippen MR) is 89.3 cm³/mol. The molecule has 3 rings (SSSR count). The number of hydrogen-bond acceptors (Lipinski definition) is 4. The Kier molecular flexibility index (Phi) is 4.76. The molecule has 0 unspecified atom stereocenters. The van der Waals surface area contributed by atoms with E-state index in [1.54, 1.807) is 18.2 Å². The molecule has 0 radical (unpaired) electrons. The van der Waals surface area contributed by atoms with Crippen molar-refractivity contribution in [3.8, 4) is 0 Å². The Morgan fingerprint density at radius 1 is 1.00 bits per heavy atom. The smallest absolute Gasteiger partial charge is 0.270 e. The molecule has 0 saturated carbocycles. The topological polar surface area (TPSA) is 66.9 Å². The summed E-state index contributed by atoms with van der Waals surface area (Å²) in [6.45, 7) is 0.296. The summed E-state index contributed by atoms with van der Waals surface area (Å²) in [4.78, 5) is 20.3. The van der Waals surface area contributed by atoms with Crippen LogP contribution in [0.25, 0.3) is 0 Å². The van der Waals surface area contributed by atoms with Gasteiger partial charge in [0, 0.05) is 18.3 Å². The van der Waals surface area contributed by atoms with E-state index in [9.17, 15) is 9.18 Å². The number of amides is 1. The van der Waals surface area contributed by atoms with E-state index in [4.69, 9.17) is 0 Å². The normalized spacial score (nSPS) is 10.2. The molecule has 0 aliphatic rings. The number of benzene rings is 2. The van der Waals surface area contributed by atoms with E-state index >= 15 is 0 Å². The summed E-state index contributed by atoms with van der Waals surface area (Å²) in [5, 5.41) is 5.85. The molecule has 1 heterocycles. The summed E-state index contributed by atoms with van der Waals surface area (Å²) in [7, 11) is 0. The molecule has 120 valence electrons. The quantitative estimate of drug-likeness (QED) is 0.756. The molecule has 3 aromatic rings. The van der Waals surface area contributed by atoms with E-state index in [2.05, 4.69) is 20.6 Å². The van der Waals surface area contributed by atoms with Gasteiger partial charge in [-0.2, -0.15) is 0 Å². The van der Waals surface area contributed by atoms with Gasteiger partial charge in [0.15, 0.2) is 0 Å². The predicted octanol–water partition coefficient (Wildman–Crippen LogP) is 3.29. The highest BCUT2D eigenvalue weighted by Gasteiger charge is 2.08. The van der Waals surface area contributed by atoms with Gasteiger partial charge in [0.1, 0.15) is 23.7 Å². The van der Waals surface area contributed by atoms with Crippen molar-refractivity contribution in [3.63, 3.8) is 0 Å². The van der Waals surface area contributed by atoms with Crippen LogP contribution in [0.1, 0.15) is 16.1 Å². The van der Waals surface area contributed by atoms with Crippen molar-refractivity contribution in [2.24, 2.45) is 0 Å². The summed E-state index contributed by atoms with van der Waals surface area (Å²) in [5.41, 5.74) is 1.93. The molecule has 24 heavy (non-hydrogen) atoms. The van der Waals surface area contributed by atoms with Crippen LogP contribution in [-0.4, -0.2) is 15.9 Å². The zero-order valence-corrected chi connectivity index (χ0v) is 12.7. The molecule has 1 amide bonds. The van der Waals surface area contributed by atoms with Gasteiger partial charge in [-0.3, -0.25) is 4.79 Å². The minimum atomic E-state index is -0.321. The van der Waals surface area contributed by atoms with Crippen LogP contribution in [0.15, 0.2) is 67.0 Å². The second-order valence-corrected chi connectivity index (χ2v) is 5.09. The zero-order chi connectivity index (χ0) is 16.8. The van der Waals surface area contributed by atoms with E-state index in [0.29, 0.717) is 12.4 Å². The Morgan fingerprint density at radius 2 is 1.75 bits per heavy atom. The molecule has 0 saturated heterocycles. The second kappa shape index (κ2) is 7.32. The Hall–Kier alpha value is -3.28. The number of nitrogens with zero attached hydrogens (tertiary/aromatic N) is 2. The molecular formula is C18H15FN4O. The molecule has 5 nitrogen and oxygen atoms in total. The van der Waals surface area contributed by atoms with Crippen molar-refractivity contribution in [1.29, 1.82) is 0 Å². The van der Waals surface area contributed by atoms with E-state index in [1.807, 2.05) is 30.3 Å². The number of nitrogens with one attached hydrogen (secondary N) is 2. The van der Waals surface area contributed by atoms with Gasteiger partial charge in [-0.15, -0.1) is 0 Å². The van der Waals surface area contributed by atoms with Gasteiger partial charge >= 0.3 is 0 Å². The van der Waals surface area contributed by atoms with Gasteiger partial charge in [-0.05, 0) is 29.8 Å². The molecule has 0 fully saturated rings. The van der Waals surface area contributed by atoms with Crippen molar-refractivity contribution in [3.05, 3.63) is 84.1 Å².